The predicted octanol–water partition coefficient (Wildman–Crippen LogP) is 2.98. The molecule has 0 radical (unpaired) electrons. The Labute approximate surface area is 120 Å². The number of carbonyl (C=O) groups excluding carboxylic acids is 2. The van der Waals surface area contributed by atoms with E-state index in [1.807, 2.05) is 12.2 Å². The lowest BCUT2D eigenvalue weighted by atomic mass is 9.61. The second kappa shape index (κ2) is 6.25. The third-order valence-corrected chi connectivity index (χ3v) is 4.68. The van der Waals surface area contributed by atoms with Gasteiger partial charge in [0.25, 0.3) is 0 Å². The van der Waals surface area contributed by atoms with Crippen molar-refractivity contribution in [3.63, 3.8) is 0 Å². The van der Waals surface area contributed by atoms with Crippen molar-refractivity contribution in [2.45, 2.75) is 39.0 Å². The van der Waals surface area contributed by atoms with E-state index in [0.717, 1.165) is 32.1 Å². The zero-order valence-electron chi connectivity index (χ0n) is 12.0. The molecule has 2 rings (SSSR count). The van der Waals surface area contributed by atoms with Gasteiger partial charge in [0.15, 0.2) is 0 Å². The van der Waals surface area contributed by atoms with E-state index < -0.39 is 6.09 Å². The van der Waals surface area contributed by atoms with E-state index in [1.54, 1.807) is 6.92 Å². The van der Waals surface area contributed by atoms with Gasteiger partial charge in [-0.05, 0) is 32.1 Å². The van der Waals surface area contributed by atoms with E-state index in [9.17, 15) is 9.59 Å². The maximum Gasteiger partial charge on any atom is 0.404 e. The minimum absolute atomic E-state index is 0.0661. The average molecular weight is 277 g/mol. The molecule has 0 aromatic carbocycles. The second-order valence-electron chi connectivity index (χ2n) is 5.94. The zero-order valence-corrected chi connectivity index (χ0v) is 12.0. The van der Waals surface area contributed by atoms with Gasteiger partial charge in [-0.25, -0.2) is 4.79 Å². The van der Waals surface area contributed by atoms with Crippen LogP contribution in [-0.2, 0) is 9.53 Å². The molecule has 3 unspecified atom stereocenters. The van der Waals surface area contributed by atoms with Crippen molar-refractivity contribution in [1.82, 2.24) is 0 Å². The monoisotopic (exact) mass is 277 g/mol. The first-order valence-corrected chi connectivity index (χ1v) is 7.32. The van der Waals surface area contributed by atoms with Crippen molar-refractivity contribution in [3.05, 3.63) is 24.3 Å². The molecule has 0 aliphatic heterocycles. The summed E-state index contributed by atoms with van der Waals surface area (Å²) < 4.78 is 5.11. The molecule has 0 aromatic rings. The van der Waals surface area contributed by atoms with Gasteiger partial charge in [-0.2, -0.15) is 0 Å². The van der Waals surface area contributed by atoms with Crippen molar-refractivity contribution < 1.29 is 14.3 Å². The molecule has 20 heavy (non-hydrogen) atoms. The van der Waals surface area contributed by atoms with Crippen LogP contribution in [0.15, 0.2) is 24.3 Å². The number of ether oxygens (including phenoxy) is 1. The Morgan fingerprint density at radius 1 is 1.30 bits per heavy atom. The Morgan fingerprint density at radius 2 is 2.05 bits per heavy atom. The molecule has 0 aromatic heterocycles. The molecule has 2 aliphatic carbocycles. The number of Topliss-reactive ketones (excluding diaryl/α,β-unsaturated/α-hetero) is 1. The molecule has 110 valence electrons. The van der Waals surface area contributed by atoms with Gasteiger partial charge in [0.2, 0.25) is 0 Å². The Kier molecular flexibility index (Phi) is 4.63. The fraction of sp³-hybridized carbons (Fsp3) is 0.625. The molecule has 1 saturated carbocycles. The lowest BCUT2D eigenvalue weighted by Crippen LogP contribution is -2.43. The summed E-state index contributed by atoms with van der Waals surface area (Å²) in [5, 5.41) is 0. The van der Waals surface area contributed by atoms with Gasteiger partial charge in [0.05, 0.1) is 0 Å². The van der Waals surface area contributed by atoms with E-state index in [4.69, 9.17) is 10.5 Å². The summed E-state index contributed by atoms with van der Waals surface area (Å²) in [4.78, 5) is 22.9. The maximum atomic E-state index is 12.0. The number of nitrogens with two attached hydrogens (primary N) is 1. The van der Waals surface area contributed by atoms with Gasteiger partial charge in [0.1, 0.15) is 12.4 Å². The lowest BCUT2D eigenvalue weighted by molar-refractivity contribution is -0.125. The highest BCUT2D eigenvalue weighted by Crippen LogP contribution is 2.47. The average Bonchev–Trinajstić information content (AvgIpc) is 2.46. The minimum Gasteiger partial charge on any atom is -0.449 e. The molecule has 4 heteroatoms. The standard InChI is InChI=1S/C16H23NO3/c1-12(18)13-7-3-4-8-14(13)16(11-20-15(17)19)9-5-2-6-10-16/h2,5-6,9,13-14H,3-4,7-8,10-11H2,1H3,(H2,17,19). The van der Waals surface area contributed by atoms with Gasteiger partial charge in [-0.1, -0.05) is 37.1 Å². The third-order valence-electron chi connectivity index (χ3n) is 4.68. The Hall–Kier alpha value is -1.58. The largest absolute Gasteiger partial charge is 0.449 e. The molecular formula is C16H23NO3. The molecule has 0 spiro atoms. The zero-order chi connectivity index (χ0) is 14.6. The molecular weight excluding hydrogens is 254 g/mol. The van der Waals surface area contributed by atoms with Crippen LogP contribution in [0.3, 0.4) is 0 Å². The van der Waals surface area contributed by atoms with E-state index in [-0.39, 0.29) is 29.6 Å². The number of carbonyl (C=O) groups is 2. The van der Waals surface area contributed by atoms with Gasteiger partial charge in [0, 0.05) is 11.3 Å². The lowest BCUT2D eigenvalue weighted by Gasteiger charge is -2.44. The summed E-state index contributed by atoms with van der Waals surface area (Å²) in [6.07, 6.45) is 12.4. The first-order valence-electron chi connectivity index (χ1n) is 7.32. The summed E-state index contributed by atoms with van der Waals surface area (Å²) in [5.41, 5.74) is 4.85. The van der Waals surface area contributed by atoms with Crippen molar-refractivity contribution in [2.75, 3.05) is 6.61 Å². The topological polar surface area (TPSA) is 69.4 Å². The SMILES string of the molecule is CC(=O)C1CCCCC1C1(COC(N)=O)C=CC=CC1. The molecule has 0 heterocycles. The van der Waals surface area contributed by atoms with Crippen LogP contribution < -0.4 is 5.73 Å². The van der Waals surface area contributed by atoms with Crippen LogP contribution in [0, 0.1) is 17.3 Å². The highest BCUT2D eigenvalue weighted by atomic mass is 16.5. The maximum absolute atomic E-state index is 12.0. The smallest absolute Gasteiger partial charge is 0.404 e. The number of ketones is 1. The molecule has 2 N–H and O–H groups in total. The number of amides is 1. The molecule has 1 fully saturated rings. The Balaban J connectivity index is 2.24. The fourth-order valence-corrected chi connectivity index (χ4v) is 3.68. The van der Waals surface area contributed by atoms with Crippen LogP contribution in [0.5, 0.6) is 0 Å². The minimum atomic E-state index is -0.748. The van der Waals surface area contributed by atoms with Crippen LogP contribution in [0.2, 0.25) is 0 Å². The third kappa shape index (κ3) is 3.11. The molecule has 4 nitrogen and oxygen atoms in total. The second-order valence-corrected chi connectivity index (χ2v) is 5.94. The summed E-state index contributed by atoms with van der Waals surface area (Å²) in [5.74, 6) is 0.543. The van der Waals surface area contributed by atoms with Crippen molar-refractivity contribution in [3.8, 4) is 0 Å². The van der Waals surface area contributed by atoms with E-state index in [2.05, 4.69) is 12.2 Å². The highest BCUT2D eigenvalue weighted by Gasteiger charge is 2.44. The van der Waals surface area contributed by atoms with Crippen molar-refractivity contribution >= 4 is 11.9 Å². The van der Waals surface area contributed by atoms with Crippen LogP contribution in [0.1, 0.15) is 39.0 Å². The Morgan fingerprint density at radius 3 is 2.65 bits per heavy atom. The number of allylic oxidation sites excluding steroid dienone is 3. The van der Waals surface area contributed by atoms with Gasteiger partial charge < -0.3 is 10.5 Å². The van der Waals surface area contributed by atoms with Gasteiger partial charge in [-0.3, -0.25) is 4.79 Å². The Bertz CT molecular complexity index is 441. The first kappa shape index (κ1) is 14.8. The van der Waals surface area contributed by atoms with Crippen LogP contribution in [0.4, 0.5) is 4.79 Å². The highest BCUT2D eigenvalue weighted by molar-refractivity contribution is 5.78. The van der Waals surface area contributed by atoms with Crippen LogP contribution in [-0.4, -0.2) is 18.5 Å². The summed E-state index contributed by atoms with van der Waals surface area (Å²) in [7, 11) is 0. The number of hydrogen-bond donors (Lipinski definition) is 1. The van der Waals surface area contributed by atoms with E-state index >= 15 is 0 Å². The molecule has 2 aliphatic rings. The molecule has 3 atom stereocenters. The molecule has 1 amide bonds. The normalized spacial score (nSPS) is 32.9. The van der Waals surface area contributed by atoms with E-state index in [0.29, 0.717) is 0 Å². The number of rotatable bonds is 4. The number of hydrogen-bond acceptors (Lipinski definition) is 3. The summed E-state index contributed by atoms with van der Waals surface area (Å²) in [6, 6.07) is 0. The first-order chi connectivity index (χ1) is 9.55. The van der Waals surface area contributed by atoms with Crippen LogP contribution in [0.25, 0.3) is 0 Å². The summed E-state index contributed by atoms with van der Waals surface area (Å²) >= 11 is 0. The quantitative estimate of drug-likeness (QED) is 0.858. The summed E-state index contributed by atoms with van der Waals surface area (Å²) in [6.45, 7) is 1.94. The fourth-order valence-electron chi connectivity index (χ4n) is 3.68. The van der Waals surface area contributed by atoms with Gasteiger partial charge >= 0.3 is 6.09 Å². The van der Waals surface area contributed by atoms with Crippen LogP contribution >= 0.6 is 0 Å². The van der Waals surface area contributed by atoms with Crippen molar-refractivity contribution in [2.24, 2.45) is 23.0 Å². The van der Waals surface area contributed by atoms with E-state index in [1.165, 1.54) is 0 Å². The van der Waals surface area contributed by atoms with Gasteiger partial charge in [-0.15, -0.1) is 0 Å². The molecule has 0 bridgehead atoms. The number of primary amides is 1. The van der Waals surface area contributed by atoms with Crippen molar-refractivity contribution in [1.29, 1.82) is 0 Å². The molecule has 0 saturated heterocycles. The predicted molar refractivity (Wildman–Crippen MR) is 77.0 cm³/mol.